The van der Waals surface area contributed by atoms with Crippen molar-refractivity contribution in [2.45, 2.75) is 18.5 Å². The van der Waals surface area contributed by atoms with Crippen LogP contribution >= 0.6 is 7.60 Å². The number of amides is 1. The number of nitrogens with zero attached hydrogens (tertiary/aromatic N) is 1. The predicted octanol–water partition coefficient (Wildman–Crippen LogP) is 1.81. The summed E-state index contributed by atoms with van der Waals surface area (Å²) in [6.07, 6.45) is -0.652. The van der Waals surface area contributed by atoms with Crippen molar-refractivity contribution in [1.29, 1.82) is 0 Å². The first-order valence-electron chi connectivity index (χ1n) is 5.58. The lowest BCUT2D eigenvalue weighted by Crippen LogP contribution is -2.22. The molecule has 0 aliphatic carbocycles. The molecule has 0 aromatic heterocycles. The van der Waals surface area contributed by atoms with E-state index in [0.717, 1.165) is 19.2 Å². The average molecular weight is 309 g/mol. The molecule has 0 spiro atoms. The normalized spacial score (nSPS) is 13.1. The first-order valence-corrected chi connectivity index (χ1v) is 7.26. The van der Waals surface area contributed by atoms with Crippen molar-refractivity contribution < 1.29 is 33.1 Å². The Labute approximate surface area is 113 Å². The monoisotopic (exact) mass is 309 g/mol. The van der Waals surface area contributed by atoms with Crippen LogP contribution in [-0.2, 0) is 9.36 Å². The van der Waals surface area contributed by atoms with Gasteiger partial charge in [0.1, 0.15) is 0 Å². The highest BCUT2D eigenvalue weighted by Crippen LogP contribution is 2.54. The summed E-state index contributed by atoms with van der Waals surface area (Å²) in [4.78, 5) is 29.7. The van der Waals surface area contributed by atoms with Crippen LogP contribution in [0.5, 0.6) is 0 Å². The van der Waals surface area contributed by atoms with Gasteiger partial charge in [0.15, 0.2) is 11.6 Å². The number of hydroxylamine groups is 2. The van der Waals surface area contributed by atoms with Crippen molar-refractivity contribution in [2.24, 2.45) is 0 Å². The fourth-order valence-corrected chi connectivity index (χ4v) is 2.69. The van der Waals surface area contributed by atoms with Crippen LogP contribution in [0.2, 0.25) is 0 Å². The van der Waals surface area contributed by atoms with Crippen molar-refractivity contribution in [2.75, 3.05) is 7.05 Å². The molecule has 3 N–H and O–H groups in total. The molecule has 6 nitrogen and oxygen atoms in total. The first-order chi connectivity index (χ1) is 9.12. The van der Waals surface area contributed by atoms with E-state index in [2.05, 4.69) is 0 Å². The summed E-state index contributed by atoms with van der Waals surface area (Å²) in [6.45, 7) is 0. The van der Waals surface area contributed by atoms with Crippen molar-refractivity contribution in [1.82, 2.24) is 5.06 Å². The maximum absolute atomic E-state index is 13.1. The zero-order chi connectivity index (χ0) is 15.5. The third kappa shape index (κ3) is 4.35. The minimum Gasteiger partial charge on any atom is -0.324 e. The summed E-state index contributed by atoms with van der Waals surface area (Å²) < 4.78 is 37.3. The van der Waals surface area contributed by atoms with Crippen molar-refractivity contribution in [3.8, 4) is 0 Å². The summed E-state index contributed by atoms with van der Waals surface area (Å²) in [5.41, 5.74) is -1.55. The summed E-state index contributed by atoms with van der Waals surface area (Å²) in [7, 11) is -3.58. The highest BCUT2D eigenvalue weighted by molar-refractivity contribution is 7.52. The Morgan fingerprint density at radius 1 is 1.35 bits per heavy atom. The molecular formula is C11H14F2NO5P. The van der Waals surface area contributed by atoms with Crippen LogP contribution in [0.1, 0.15) is 24.1 Å². The largest absolute Gasteiger partial charge is 0.332 e. The molecule has 0 heterocycles. The molecular weight excluding hydrogens is 295 g/mol. The van der Waals surface area contributed by atoms with Crippen LogP contribution < -0.4 is 0 Å². The minimum atomic E-state index is -4.66. The second-order valence-corrected chi connectivity index (χ2v) is 6.04. The van der Waals surface area contributed by atoms with Crippen LogP contribution in [0.25, 0.3) is 0 Å². The Hall–Kier alpha value is -1.34. The van der Waals surface area contributed by atoms with Crippen LogP contribution in [0.15, 0.2) is 18.2 Å². The number of hydrogen-bond donors (Lipinski definition) is 3. The van der Waals surface area contributed by atoms with Gasteiger partial charge in [-0.05, 0) is 24.1 Å². The zero-order valence-electron chi connectivity index (χ0n) is 10.5. The van der Waals surface area contributed by atoms with Crippen LogP contribution in [0, 0.1) is 11.6 Å². The van der Waals surface area contributed by atoms with Gasteiger partial charge in [-0.2, -0.15) is 0 Å². The molecule has 0 saturated heterocycles. The summed E-state index contributed by atoms with van der Waals surface area (Å²) in [6, 6.07) is 2.49. The summed E-state index contributed by atoms with van der Waals surface area (Å²) >= 11 is 0. The molecule has 1 aromatic carbocycles. The van der Waals surface area contributed by atoms with Gasteiger partial charge < -0.3 is 9.79 Å². The number of halogens is 2. The van der Waals surface area contributed by atoms with Gasteiger partial charge in [-0.3, -0.25) is 14.6 Å². The average Bonchev–Trinajstić information content (AvgIpc) is 2.31. The van der Waals surface area contributed by atoms with Crippen LogP contribution in [0.4, 0.5) is 8.78 Å². The van der Waals surface area contributed by atoms with E-state index in [1.165, 1.54) is 0 Å². The van der Waals surface area contributed by atoms with Gasteiger partial charge in [0.05, 0.1) is 5.66 Å². The standard InChI is InChI=1S/C11H14F2NO5P/c1-14(16)11(15)5-4-10(20(17,18)19)7-2-3-8(12)9(13)6-7/h2-3,6,10,16H,4-5H2,1H3,(H2,17,18,19)/t10-/m0/s1. The van der Waals surface area contributed by atoms with Crippen molar-refractivity contribution in [3.63, 3.8) is 0 Å². The van der Waals surface area contributed by atoms with Crippen LogP contribution in [-0.4, -0.2) is 33.0 Å². The molecule has 0 aliphatic heterocycles. The van der Waals surface area contributed by atoms with E-state index in [1.807, 2.05) is 0 Å². The molecule has 1 amide bonds. The van der Waals surface area contributed by atoms with Gasteiger partial charge in [0.25, 0.3) is 0 Å². The second kappa shape index (κ2) is 6.41. The van der Waals surface area contributed by atoms with E-state index in [0.29, 0.717) is 11.1 Å². The van der Waals surface area contributed by atoms with E-state index in [1.54, 1.807) is 0 Å². The maximum Gasteiger partial charge on any atom is 0.332 e. The molecule has 1 atom stereocenters. The smallest absolute Gasteiger partial charge is 0.324 e. The highest BCUT2D eigenvalue weighted by atomic mass is 31.2. The Bertz CT molecular complexity index is 546. The molecule has 0 saturated carbocycles. The molecule has 0 aliphatic rings. The fraction of sp³-hybridized carbons (Fsp3) is 0.364. The van der Waals surface area contributed by atoms with Gasteiger partial charge >= 0.3 is 7.60 Å². The molecule has 1 aromatic rings. The lowest BCUT2D eigenvalue weighted by atomic mass is 10.1. The Balaban J connectivity index is 2.98. The maximum atomic E-state index is 13.1. The van der Waals surface area contributed by atoms with E-state index in [-0.39, 0.29) is 18.4 Å². The van der Waals surface area contributed by atoms with E-state index < -0.39 is 30.8 Å². The lowest BCUT2D eigenvalue weighted by molar-refractivity contribution is -0.159. The molecule has 0 fully saturated rings. The van der Waals surface area contributed by atoms with Gasteiger partial charge in [-0.1, -0.05) is 6.07 Å². The Morgan fingerprint density at radius 2 is 1.95 bits per heavy atom. The minimum absolute atomic E-state index is 0.106. The number of rotatable bonds is 5. The van der Waals surface area contributed by atoms with Crippen LogP contribution in [0.3, 0.4) is 0 Å². The molecule has 0 bridgehead atoms. The van der Waals surface area contributed by atoms with Gasteiger partial charge in [0.2, 0.25) is 5.91 Å². The van der Waals surface area contributed by atoms with Gasteiger partial charge in [0, 0.05) is 13.5 Å². The number of carbonyl (C=O) groups is 1. The number of benzene rings is 1. The van der Waals surface area contributed by atoms with Crippen molar-refractivity contribution >= 4 is 13.5 Å². The van der Waals surface area contributed by atoms with E-state index >= 15 is 0 Å². The first kappa shape index (κ1) is 16.7. The lowest BCUT2D eigenvalue weighted by Gasteiger charge is -2.19. The summed E-state index contributed by atoms with van der Waals surface area (Å²) in [5.74, 6) is -3.11. The van der Waals surface area contributed by atoms with Gasteiger partial charge in [-0.15, -0.1) is 0 Å². The number of carbonyl (C=O) groups excluding carboxylic acids is 1. The molecule has 1 rings (SSSR count). The predicted molar refractivity (Wildman–Crippen MR) is 64.9 cm³/mol. The molecule has 112 valence electrons. The molecule has 0 radical (unpaired) electrons. The molecule has 20 heavy (non-hydrogen) atoms. The topological polar surface area (TPSA) is 98.1 Å². The third-order valence-corrected chi connectivity index (χ3v) is 4.10. The van der Waals surface area contributed by atoms with Crippen molar-refractivity contribution in [3.05, 3.63) is 35.4 Å². The fourth-order valence-electron chi connectivity index (χ4n) is 1.67. The zero-order valence-corrected chi connectivity index (χ0v) is 11.4. The Morgan fingerprint density at radius 3 is 2.40 bits per heavy atom. The van der Waals surface area contributed by atoms with E-state index in [4.69, 9.17) is 5.21 Å². The molecule has 0 unspecified atom stereocenters. The number of hydrogen-bond acceptors (Lipinski definition) is 3. The highest BCUT2D eigenvalue weighted by Gasteiger charge is 2.31. The second-order valence-electron chi connectivity index (χ2n) is 4.23. The van der Waals surface area contributed by atoms with Gasteiger partial charge in [-0.25, -0.2) is 13.8 Å². The third-order valence-electron chi connectivity index (χ3n) is 2.73. The van der Waals surface area contributed by atoms with E-state index in [9.17, 15) is 27.9 Å². The molecule has 9 heteroatoms. The quantitative estimate of drug-likeness (QED) is 0.438. The Kier molecular flexibility index (Phi) is 5.35. The summed E-state index contributed by atoms with van der Waals surface area (Å²) in [5, 5.41) is 9.16. The SMILES string of the molecule is CN(O)C(=O)CC[C@@H](c1ccc(F)c(F)c1)P(=O)(O)O.